The molecule has 3 unspecified atom stereocenters. The van der Waals surface area contributed by atoms with Crippen molar-refractivity contribution in [3.63, 3.8) is 0 Å². The first-order chi connectivity index (χ1) is 26.4. The quantitative estimate of drug-likeness (QED) is 0.0852. The molecule has 8 rings (SSSR count). The number of nitrogens with zero attached hydrogens (tertiary/aromatic N) is 8. The molecule has 0 aromatic carbocycles. The lowest BCUT2D eigenvalue weighted by molar-refractivity contribution is -0.0662. The second kappa shape index (κ2) is 15.5. The predicted octanol–water partition coefficient (Wildman–Crippen LogP) is 3.29. The monoisotopic (exact) mass is 842 g/mol. The highest BCUT2D eigenvalue weighted by Gasteiger charge is 2.55. The third-order valence-electron chi connectivity index (χ3n) is 9.42. The average Bonchev–Trinajstić information content (AvgIpc) is 3.89. The van der Waals surface area contributed by atoms with Crippen LogP contribution in [0.1, 0.15) is 44.6 Å². The van der Waals surface area contributed by atoms with Gasteiger partial charge in [-0.2, -0.15) is 0 Å². The molecule has 3 saturated heterocycles. The highest BCUT2D eigenvalue weighted by Crippen LogP contribution is 2.60. The SMILES string of the molecule is Nc1ncnc2c1ncn2[C@@H]1O[C@@H]2COP(=O)(S)O[C@H]3[C@@H](OC(=O)OC4/C=C/CCCCC4)[C@H](n4cnc5c(N)ncnc54)O[C@@H]3COP(=O)(S)O[C@@H]1[C@@H]2O. The number of allylic oxidation sites excluding steroid dienone is 1. The van der Waals surface area contributed by atoms with E-state index < -0.39 is 88.1 Å². The van der Waals surface area contributed by atoms with Crippen molar-refractivity contribution in [1.29, 1.82) is 0 Å². The van der Waals surface area contributed by atoms with E-state index in [1.807, 2.05) is 6.08 Å². The number of carbonyl (C=O) groups is 1. The number of hydrogen-bond donors (Lipinski definition) is 5. The van der Waals surface area contributed by atoms with Crippen LogP contribution in [0.4, 0.5) is 16.4 Å². The highest BCUT2D eigenvalue weighted by molar-refractivity contribution is 8.44. The molecule has 5 N–H and O–H groups in total. The largest absolute Gasteiger partial charge is 0.509 e. The minimum absolute atomic E-state index is 0.0650. The van der Waals surface area contributed by atoms with Crippen molar-refractivity contribution in [2.75, 3.05) is 24.7 Å². The fourth-order valence-electron chi connectivity index (χ4n) is 6.82. The number of imidazole rings is 2. The lowest BCUT2D eigenvalue weighted by atomic mass is 10.0. The summed E-state index contributed by atoms with van der Waals surface area (Å²) in [6.45, 7) is -10.1. The number of anilines is 2. The summed E-state index contributed by atoms with van der Waals surface area (Å²) < 4.78 is 77.9. The van der Waals surface area contributed by atoms with Crippen LogP contribution in [0.3, 0.4) is 0 Å². The van der Waals surface area contributed by atoms with Gasteiger partial charge in [-0.3, -0.25) is 27.2 Å². The molecule has 3 fully saturated rings. The van der Waals surface area contributed by atoms with E-state index in [4.69, 9.17) is 48.5 Å². The van der Waals surface area contributed by atoms with Crippen molar-refractivity contribution in [2.24, 2.45) is 0 Å². The normalized spacial score (nSPS) is 36.5. The summed E-state index contributed by atoms with van der Waals surface area (Å²) in [7, 11) is 0. The van der Waals surface area contributed by atoms with Gasteiger partial charge >= 0.3 is 19.8 Å². The number of aliphatic hydroxyl groups excluding tert-OH is 1. The molecule has 4 aromatic rings. The second-order valence-electron chi connectivity index (χ2n) is 13.0. The van der Waals surface area contributed by atoms with Gasteiger partial charge in [0.25, 0.3) is 0 Å². The van der Waals surface area contributed by atoms with Gasteiger partial charge in [0, 0.05) is 0 Å². The molecular weight excluding hydrogens is 806 g/mol. The van der Waals surface area contributed by atoms with Crippen LogP contribution in [0.5, 0.6) is 0 Å². The number of aliphatic hydroxyl groups is 1. The van der Waals surface area contributed by atoms with E-state index >= 15 is 0 Å². The number of hydrogen-bond acceptors (Lipinski definition) is 20. The summed E-state index contributed by atoms with van der Waals surface area (Å²) in [5, 5.41) is 11.4. The second-order valence-corrected chi connectivity index (χ2v) is 18.8. The van der Waals surface area contributed by atoms with Crippen LogP contribution in [0.25, 0.3) is 22.3 Å². The average molecular weight is 843 g/mol. The van der Waals surface area contributed by atoms with E-state index in [2.05, 4.69) is 54.4 Å². The Labute approximate surface area is 322 Å². The standard InChI is InChI=1S/C29H36N10O12P2S2/c30-23-17-25(34-10-32-23)38(12-36-17)27-21-19(40)15(47-27)8-44-52(42,54)50-20-16(9-45-53(43,55)51-21)48-28(39-13-37-18-24(31)33-11-35-26(18)39)22(20)49-29(41)46-14-6-4-2-1-3-5-7-14/h4,6,10-16,19-22,27-28,40H,1-3,5,7-9H2,(H,42,54)(H,43,55)(H2,30,32,34)(H2,31,33,35)/b6-4+/t14?,15-,16-,19-,20-,21-,22-,27-,28-,52?,53?/m1/s1. The van der Waals surface area contributed by atoms with Gasteiger partial charge in [0.2, 0.25) is 0 Å². The molecule has 0 radical (unpaired) electrons. The maximum Gasteiger partial charge on any atom is 0.509 e. The molecule has 22 nitrogen and oxygen atoms in total. The molecule has 0 saturated carbocycles. The van der Waals surface area contributed by atoms with E-state index in [0.29, 0.717) is 6.42 Å². The summed E-state index contributed by atoms with van der Waals surface area (Å²) in [5.74, 6) is 0.143. The summed E-state index contributed by atoms with van der Waals surface area (Å²) in [6, 6.07) is 0. The molecular formula is C29H36N10O12P2S2. The van der Waals surface area contributed by atoms with Crippen LogP contribution in [0.15, 0.2) is 37.5 Å². The van der Waals surface area contributed by atoms with E-state index in [0.717, 1.165) is 25.7 Å². The van der Waals surface area contributed by atoms with Gasteiger partial charge in [0.05, 0.1) is 25.9 Å². The highest BCUT2D eigenvalue weighted by atomic mass is 32.7. The third-order valence-corrected chi connectivity index (χ3v) is 12.7. The molecule has 0 spiro atoms. The Morgan fingerprint density at radius 2 is 1.40 bits per heavy atom. The Morgan fingerprint density at radius 1 is 0.800 bits per heavy atom. The number of aromatic nitrogens is 8. The van der Waals surface area contributed by atoms with Gasteiger partial charge in [0.15, 0.2) is 41.5 Å². The summed E-state index contributed by atoms with van der Waals surface area (Å²) in [5.41, 5.74) is 12.8. The first-order valence-corrected chi connectivity index (χ1v) is 22.5. The number of nitrogens with two attached hydrogens (primary N) is 2. The van der Waals surface area contributed by atoms with Crippen LogP contribution in [-0.4, -0.2) is 106 Å². The van der Waals surface area contributed by atoms with Crippen LogP contribution in [0.2, 0.25) is 0 Å². The Kier molecular flexibility index (Phi) is 10.8. The van der Waals surface area contributed by atoms with Crippen molar-refractivity contribution in [3.05, 3.63) is 37.5 Å². The number of nitrogen functional groups attached to an aromatic ring is 2. The van der Waals surface area contributed by atoms with Gasteiger partial charge in [-0.05, 0) is 31.8 Å². The Hall–Kier alpha value is -3.41. The van der Waals surface area contributed by atoms with Crippen LogP contribution in [-0.2, 0) is 46.2 Å². The molecule has 0 amide bonds. The number of ether oxygens (including phenoxy) is 4. The molecule has 1 aliphatic carbocycles. The molecule has 7 heterocycles. The Morgan fingerprint density at radius 3 is 2.07 bits per heavy atom. The predicted molar refractivity (Wildman–Crippen MR) is 195 cm³/mol. The zero-order valence-electron chi connectivity index (χ0n) is 28.6. The minimum atomic E-state index is -4.46. The van der Waals surface area contributed by atoms with Crippen molar-refractivity contribution in [1.82, 2.24) is 39.0 Å². The van der Waals surface area contributed by atoms with Gasteiger partial charge in [0.1, 0.15) is 60.3 Å². The first-order valence-electron chi connectivity index (χ1n) is 17.1. The zero-order chi connectivity index (χ0) is 38.5. The first kappa shape index (κ1) is 38.5. The lowest BCUT2D eigenvalue weighted by Gasteiger charge is -2.28. The van der Waals surface area contributed by atoms with Crippen molar-refractivity contribution < 1.29 is 56.1 Å². The van der Waals surface area contributed by atoms with Crippen LogP contribution in [0, 0.1) is 0 Å². The maximum atomic E-state index is 14.0. The molecule has 11 atom stereocenters. The maximum absolute atomic E-state index is 14.0. The van der Waals surface area contributed by atoms with Crippen LogP contribution < -0.4 is 11.5 Å². The smallest absolute Gasteiger partial charge is 0.427 e. The van der Waals surface area contributed by atoms with E-state index in [1.165, 1.54) is 34.4 Å². The van der Waals surface area contributed by atoms with Gasteiger partial charge < -0.3 is 35.5 Å². The van der Waals surface area contributed by atoms with Crippen molar-refractivity contribution in [2.45, 2.75) is 87.3 Å². The van der Waals surface area contributed by atoms with Crippen molar-refractivity contribution in [3.8, 4) is 0 Å². The van der Waals surface area contributed by atoms with Gasteiger partial charge in [-0.15, -0.1) is 0 Å². The van der Waals surface area contributed by atoms with Gasteiger partial charge in [-0.25, -0.2) is 43.8 Å². The third kappa shape index (κ3) is 7.95. The van der Waals surface area contributed by atoms with E-state index in [1.54, 1.807) is 6.08 Å². The van der Waals surface area contributed by atoms with Gasteiger partial charge in [-0.1, -0.05) is 37.0 Å². The number of thiol groups is 2. The fourth-order valence-corrected chi connectivity index (χ4v) is 9.76. The number of carbonyl (C=O) groups excluding carboxylic acids is 1. The Balaban J connectivity index is 1.11. The van der Waals surface area contributed by atoms with Crippen LogP contribution >= 0.6 is 38.1 Å². The molecule has 55 heavy (non-hydrogen) atoms. The summed E-state index contributed by atoms with van der Waals surface area (Å²) in [4.78, 5) is 38.4. The molecule has 2 bridgehead atoms. The molecule has 26 heteroatoms. The topological polar surface area (TPSA) is 285 Å². The number of fused-ring (bicyclic) bond motifs is 5. The zero-order valence-corrected chi connectivity index (χ0v) is 32.1. The van der Waals surface area contributed by atoms with E-state index in [-0.39, 0.29) is 34.0 Å². The lowest BCUT2D eigenvalue weighted by Crippen LogP contribution is -2.39. The fraction of sp³-hybridized carbons (Fsp3) is 0.552. The molecule has 4 aromatic heterocycles. The summed E-state index contributed by atoms with van der Waals surface area (Å²) >= 11 is 8.42. The minimum Gasteiger partial charge on any atom is -0.427 e. The van der Waals surface area contributed by atoms with Crippen molar-refractivity contribution >= 4 is 78.2 Å². The molecule has 4 aliphatic rings. The summed E-state index contributed by atoms with van der Waals surface area (Å²) in [6.07, 6.45) is 0.318. The molecule has 296 valence electrons. The Bertz CT molecular complexity index is 2200. The molecule has 3 aliphatic heterocycles. The van der Waals surface area contributed by atoms with E-state index in [9.17, 15) is 19.0 Å². The number of rotatable bonds is 4.